The lowest BCUT2D eigenvalue weighted by Crippen LogP contribution is -2.19. The Labute approximate surface area is 130 Å². The van der Waals surface area contributed by atoms with Gasteiger partial charge in [-0.3, -0.25) is 0 Å². The second-order valence-corrected chi connectivity index (χ2v) is 5.25. The Morgan fingerprint density at radius 1 is 1.24 bits per heavy atom. The Morgan fingerprint density at radius 2 is 2.00 bits per heavy atom. The third-order valence-electron chi connectivity index (χ3n) is 2.96. The first-order valence-corrected chi connectivity index (χ1v) is 7.47. The quantitative estimate of drug-likeness (QED) is 0.792. The normalized spacial score (nSPS) is 12.1. The highest BCUT2D eigenvalue weighted by Crippen LogP contribution is 2.14. The fourth-order valence-electron chi connectivity index (χ4n) is 2.07. The van der Waals surface area contributed by atoms with Gasteiger partial charge < -0.3 is 10.1 Å². The molecule has 0 aliphatic carbocycles. The fraction of sp³-hybridized carbons (Fsp3) is 0.375. The zero-order valence-corrected chi connectivity index (χ0v) is 13.1. The molecule has 5 heteroatoms. The zero-order chi connectivity index (χ0) is 15.1. The predicted octanol–water partition coefficient (Wildman–Crippen LogP) is 3.71. The highest BCUT2D eigenvalue weighted by atomic mass is 35.5. The van der Waals surface area contributed by atoms with E-state index >= 15 is 0 Å². The lowest BCUT2D eigenvalue weighted by atomic mass is 10.1. The summed E-state index contributed by atoms with van der Waals surface area (Å²) in [5.41, 5.74) is 1.28. The number of ether oxygens (including phenoxy) is 1. The van der Waals surface area contributed by atoms with Gasteiger partial charge >= 0.3 is 0 Å². The van der Waals surface area contributed by atoms with Crippen molar-refractivity contribution in [3.63, 3.8) is 0 Å². The minimum Gasteiger partial charge on any atom is -0.374 e. The zero-order valence-electron chi connectivity index (χ0n) is 12.3. The molecule has 0 saturated heterocycles. The molecule has 1 N–H and O–H groups in total. The molecule has 0 fully saturated rings. The average Bonchev–Trinajstić information content (AvgIpc) is 2.45. The smallest absolute Gasteiger partial charge is 0.158 e. The molecule has 2 aromatic rings. The van der Waals surface area contributed by atoms with E-state index in [1.165, 1.54) is 5.56 Å². The Bertz CT molecular complexity index is 563. The van der Waals surface area contributed by atoms with E-state index in [1.807, 2.05) is 25.1 Å². The maximum atomic E-state index is 6.03. The molecular weight excluding hydrogens is 286 g/mol. The first kappa shape index (κ1) is 15.7. The van der Waals surface area contributed by atoms with Crippen molar-refractivity contribution in [2.75, 3.05) is 11.9 Å². The van der Waals surface area contributed by atoms with E-state index in [2.05, 4.69) is 34.3 Å². The molecule has 0 amide bonds. The van der Waals surface area contributed by atoms with Crippen LogP contribution in [0.5, 0.6) is 0 Å². The van der Waals surface area contributed by atoms with Crippen LogP contribution in [0.25, 0.3) is 0 Å². The van der Waals surface area contributed by atoms with E-state index in [9.17, 15) is 0 Å². The Kier molecular flexibility index (Phi) is 5.96. The largest absolute Gasteiger partial charge is 0.374 e. The van der Waals surface area contributed by atoms with E-state index in [4.69, 9.17) is 16.3 Å². The third kappa shape index (κ3) is 5.33. The van der Waals surface area contributed by atoms with E-state index < -0.39 is 0 Å². The van der Waals surface area contributed by atoms with Crippen molar-refractivity contribution in [2.24, 2.45) is 0 Å². The molecule has 1 aromatic heterocycles. The van der Waals surface area contributed by atoms with E-state index in [0.717, 1.165) is 12.2 Å². The third-order valence-corrected chi connectivity index (χ3v) is 3.15. The molecule has 4 nitrogen and oxygen atoms in total. The van der Waals surface area contributed by atoms with Gasteiger partial charge in [0.15, 0.2) is 5.82 Å². The number of nitrogens with zero attached hydrogens (tertiary/aromatic N) is 2. The minimum atomic E-state index is 0.248. The van der Waals surface area contributed by atoms with Crippen LogP contribution in [0.15, 0.2) is 36.4 Å². The van der Waals surface area contributed by atoms with E-state index in [1.54, 1.807) is 6.07 Å². The summed E-state index contributed by atoms with van der Waals surface area (Å²) < 4.78 is 5.32. The van der Waals surface area contributed by atoms with E-state index in [-0.39, 0.29) is 6.04 Å². The predicted molar refractivity (Wildman–Crippen MR) is 85.6 cm³/mol. The highest BCUT2D eigenvalue weighted by molar-refractivity contribution is 6.29. The molecule has 21 heavy (non-hydrogen) atoms. The van der Waals surface area contributed by atoms with Gasteiger partial charge in [-0.15, -0.1) is 0 Å². The topological polar surface area (TPSA) is 47.0 Å². The molecule has 1 atom stereocenters. The van der Waals surface area contributed by atoms with Gasteiger partial charge in [-0.2, -0.15) is 0 Å². The Balaban J connectivity index is 1.99. The van der Waals surface area contributed by atoms with Crippen LogP contribution in [0.4, 0.5) is 5.82 Å². The molecule has 2 rings (SSSR count). The van der Waals surface area contributed by atoms with Crippen LogP contribution >= 0.6 is 11.6 Å². The van der Waals surface area contributed by atoms with Crippen molar-refractivity contribution in [3.05, 3.63) is 52.9 Å². The van der Waals surface area contributed by atoms with Gasteiger partial charge in [0, 0.05) is 18.7 Å². The number of hydrogen-bond donors (Lipinski definition) is 1. The maximum Gasteiger partial charge on any atom is 0.158 e. The van der Waals surface area contributed by atoms with Gasteiger partial charge in [-0.25, -0.2) is 9.97 Å². The molecule has 1 aromatic carbocycles. The van der Waals surface area contributed by atoms with Crippen LogP contribution in [0.2, 0.25) is 5.15 Å². The van der Waals surface area contributed by atoms with Gasteiger partial charge in [0.05, 0.1) is 0 Å². The summed E-state index contributed by atoms with van der Waals surface area (Å²) >= 11 is 6.03. The summed E-state index contributed by atoms with van der Waals surface area (Å²) in [7, 11) is 0. The molecule has 1 heterocycles. The van der Waals surface area contributed by atoms with Crippen LogP contribution in [0, 0.1) is 0 Å². The monoisotopic (exact) mass is 305 g/mol. The van der Waals surface area contributed by atoms with Crippen LogP contribution in [-0.2, 0) is 17.8 Å². The van der Waals surface area contributed by atoms with Crippen molar-refractivity contribution in [1.82, 2.24) is 9.97 Å². The van der Waals surface area contributed by atoms with Gasteiger partial charge in [0.1, 0.15) is 17.6 Å². The summed E-state index contributed by atoms with van der Waals surface area (Å²) in [6, 6.07) is 12.3. The first-order valence-electron chi connectivity index (χ1n) is 7.09. The second kappa shape index (κ2) is 7.96. The van der Waals surface area contributed by atoms with Gasteiger partial charge in [-0.1, -0.05) is 41.9 Å². The molecule has 0 spiro atoms. The molecular formula is C16H20ClN3O. The molecule has 0 saturated carbocycles. The molecule has 112 valence electrons. The second-order valence-electron chi connectivity index (χ2n) is 4.86. The lowest BCUT2D eigenvalue weighted by molar-refractivity contribution is 0.128. The van der Waals surface area contributed by atoms with Gasteiger partial charge in [0.2, 0.25) is 0 Å². The molecule has 0 aliphatic rings. The van der Waals surface area contributed by atoms with Crippen LogP contribution < -0.4 is 5.32 Å². The fourth-order valence-corrected chi connectivity index (χ4v) is 2.27. The summed E-state index contributed by atoms with van der Waals surface area (Å²) in [6.45, 7) is 5.05. The number of benzene rings is 1. The van der Waals surface area contributed by atoms with Crippen LogP contribution in [-0.4, -0.2) is 22.6 Å². The van der Waals surface area contributed by atoms with Crippen LogP contribution in [0.1, 0.15) is 25.2 Å². The molecule has 0 radical (unpaired) electrons. The Hall–Kier alpha value is -1.65. The number of nitrogens with one attached hydrogen (secondary N) is 1. The number of hydrogen-bond acceptors (Lipinski definition) is 4. The van der Waals surface area contributed by atoms with E-state index in [0.29, 0.717) is 24.2 Å². The number of aromatic nitrogens is 2. The number of rotatable bonds is 7. The standard InChI is InChI=1S/C16H20ClN3O/c1-3-21-11-16-19-14(17)10-15(20-16)18-12(2)9-13-7-5-4-6-8-13/h4-8,10,12H,3,9,11H2,1-2H3,(H,18,19,20). The number of halogens is 1. The maximum absolute atomic E-state index is 6.03. The highest BCUT2D eigenvalue weighted by Gasteiger charge is 2.07. The first-order chi connectivity index (χ1) is 10.2. The lowest BCUT2D eigenvalue weighted by Gasteiger charge is -2.15. The van der Waals surface area contributed by atoms with Crippen molar-refractivity contribution in [3.8, 4) is 0 Å². The van der Waals surface area contributed by atoms with Crippen molar-refractivity contribution in [2.45, 2.75) is 32.9 Å². The SMILES string of the molecule is CCOCc1nc(Cl)cc(NC(C)Cc2ccccc2)n1. The van der Waals surface area contributed by atoms with Crippen molar-refractivity contribution < 1.29 is 4.74 Å². The molecule has 0 aliphatic heterocycles. The number of anilines is 1. The minimum absolute atomic E-state index is 0.248. The summed E-state index contributed by atoms with van der Waals surface area (Å²) in [6.07, 6.45) is 0.920. The average molecular weight is 306 g/mol. The van der Waals surface area contributed by atoms with Gasteiger partial charge in [-0.05, 0) is 25.8 Å². The van der Waals surface area contributed by atoms with Crippen molar-refractivity contribution in [1.29, 1.82) is 0 Å². The van der Waals surface area contributed by atoms with Crippen LogP contribution in [0.3, 0.4) is 0 Å². The van der Waals surface area contributed by atoms with Crippen molar-refractivity contribution >= 4 is 17.4 Å². The summed E-state index contributed by atoms with van der Waals surface area (Å²) in [5.74, 6) is 1.33. The summed E-state index contributed by atoms with van der Waals surface area (Å²) in [5, 5.41) is 3.78. The Morgan fingerprint density at radius 3 is 2.71 bits per heavy atom. The molecule has 1 unspecified atom stereocenters. The van der Waals surface area contributed by atoms with Gasteiger partial charge in [0.25, 0.3) is 0 Å². The summed E-state index contributed by atoms with van der Waals surface area (Å²) in [4.78, 5) is 8.57. The molecule has 0 bridgehead atoms.